The highest BCUT2D eigenvalue weighted by atomic mass is 35.5. The largest absolute Gasteiger partial charge is 0.312 e. The van der Waals surface area contributed by atoms with E-state index < -0.39 is 6.17 Å². The number of aliphatic imine (C=N–C) groups is 1. The van der Waals surface area contributed by atoms with Gasteiger partial charge >= 0.3 is 0 Å². The number of halogens is 1. The van der Waals surface area contributed by atoms with E-state index in [2.05, 4.69) is 27.3 Å². The Morgan fingerprint density at radius 1 is 1.14 bits per heavy atom. The molecule has 0 saturated heterocycles. The summed E-state index contributed by atoms with van der Waals surface area (Å²) in [7, 11) is 0. The van der Waals surface area contributed by atoms with Crippen LogP contribution in [0.3, 0.4) is 0 Å². The molecule has 5 rings (SSSR count). The Labute approximate surface area is 167 Å². The second-order valence-corrected chi connectivity index (χ2v) is 7.40. The van der Waals surface area contributed by atoms with Crippen LogP contribution in [0.15, 0.2) is 64.4 Å². The SMILES string of the molecule is Cc1cc(=O)n2c(n1)NC(N1CCc3ccccc31)=N[C@H]2c1cccc(Cl)c1. The van der Waals surface area contributed by atoms with E-state index in [0.29, 0.717) is 22.6 Å². The zero-order chi connectivity index (χ0) is 19.3. The minimum Gasteiger partial charge on any atom is -0.312 e. The first-order valence-electron chi connectivity index (χ1n) is 9.16. The van der Waals surface area contributed by atoms with Gasteiger partial charge in [-0.05, 0) is 42.7 Å². The van der Waals surface area contributed by atoms with Gasteiger partial charge in [0.25, 0.3) is 5.56 Å². The van der Waals surface area contributed by atoms with Crippen molar-refractivity contribution in [2.75, 3.05) is 16.8 Å². The lowest BCUT2D eigenvalue weighted by molar-refractivity contribution is 0.574. The van der Waals surface area contributed by atoms with Crippen LogP contribution in [0.5, 0.6) is 0 Å². The molecule has 0 spiro atoms. The van der Waals surface area contributed by atoms with Gasteiger partial charge in [0.2, 0.25) is 11.9 Å². The van der Waals surface area contributed by atoms with E-state index in [-0.39, 0.29) is 5.56 Å². The van der Waals surface area contributed by atoms with E-state index in [4.69, 9.17) is 16.6 Å². The average molecular weight is 392 g/mol. The molecule has 0 bridgehead atoms. The molecular weight excluding hydrogens is 374 g/mol. The molecule has 1 N–H and O–H groups in total. The van der Waals surface area contributed by atoms with Crippen LogP contribution >= 0.6 is 11.6 Å². The fraction of sp³-hybridized carbons (Fsp3) is 0.190. The summed E-state index contributed by atoms with van der Waals surface area (Å²) >= 11 is 6.21. The number of rotatable bonds is 1. The zero-order valence-electron chi connectivity index (χ0n) is 15.3. The number of para-hydroxylation sites is 1. The monoisotopic (exact) mass is 391 g/mol. The molecule has 2 aliphatic heterocycles. The van der Waals surface area contributed by atoms with Crippen LogP contribution in [-0.2, 0) is 6.42 Å². The number of nitrogens with one attached hydrogen (secondary N) is 1. The molecule has 1 atom stereocenters. The van der Waals surface area contributed by atoms with Crippen LogP contribution in [0, 0.1) is 6.92 Å². The summed E-state index contributed by atoms with van der Waals surface area (Å²) < 4.78 is 1.57. The number of aromatic nitrogens is 2. The molecule has 0 radical (unpaired) electrons. The fourth-order valence-electron chi connectivity index (χ4n) is 3.82. The molecule has 140 valence electrons. The van der Waals surface area contributed by atoms with E-state index >= 15 is 0 Å². The van der Waals surface area contributed by atoms with Crippen molar-refractivity contribution in [1.82, 2.24) is 9.55 Å². The highest BCUT2D eigenvalue weighted by Gasteiger charge is 2.30. The summed E-state index contributed by atoms with van der Waals surface area (Å²) in [5.74, 6) is 1.18. The maximum atomic E-state index is 12.7. The topological polar surface area (TPSA) is 62.5 Å². The number of fused-ring (bicyclic) bond motifs is 2. The van der Waals surface area contributed by atoms with Gasteiger partial charge < -0.3 is 4.90 Å². The van der Waals surface area contributed by atoms with Gasteiger partial charge in [-0.2, -0.15) is 0 Å². The van der Waals surface area contributed by atoms with Crippen LogP contribution in [-0.4, -0.2) is 22.1 Å². The first-order valence-corrected chi connectivity index (χ1v) is 9.54. The second kappa shape index (κ2) is 6.49. The van der Waals surface area contributed by atoms with Crippen molar-refractivity contribution in [2.45, 2.75) is 19.5 Å². The fourth-order valence-corrected chi connectivity index (χ4v) is 4.02. The van der Waals surface area contributed by atoms with Gasteiger partial charge in [-0.1, -0.05) is 41.9 Å². The smallest absolute Gasteiger partial charge is 0.257 e. The molecule has 0 unspecified atom stereocenters. The van der Waals surface area contributed by atoms with Gasteiger partial charge in [0.1, 0.15) is 0 Å². The third-order valence-electron chi connectivity index (χ3n) is 5.08. The summed E-state index contributed by atoms with van der Waals surface area (Å²) in [6.07, 6.45) is 0.422. The molecule has 0 saturated carbocycles. The molecule has 0 amide bonds. The van der Waals surface area contributed by atoms with E-state index in [0.717, 1.165) is 24.2 Å². The number of guanidine groups is 1. The lowest BCUT2D eigenvalue weighted by atomic mass is 10.1. The summed E-state index contributed by atoms with van der Waals surface area (Å²) in [5, 5.41) is 3.88. The number of aryl methyl sites for hydroxylation is 1. The first kappa shape index (κ1) is 17.0. The Balaban J connectivity index is 1.67. The van der Waals surface area contributed by atoms with E-state index in [9.17, 15) is 4.79 Å². The van der Waals surface area contributed by atoms with Gasteiger partial charge in [0, 0.05) is 29.0 Å². The van der Waals surface area contributed by atoms with E-state index in [1.807, 2.05) is 43.3 Å². The molecule has 2 aromatic carbocycles. The number of anilines is 2. The Kier molecular flexibility index (Phi) is 3.94. The van der Waals surface area contributed by atoms with Crippen molar-refractivity contribution < 1.29 is 0 Å². The standard InChI is InChI=1S/C21H18ClN5O/c1-13-11-18(28)27-19(15-6-4-7-16(22)12-15)24-20(25-21(27)23-13)26-10-9-14-5-2-3-8-17(14)26/h2-8,11-12,19H,9-10H2,1H3,(H,23,24,25)/t19-/m1/s1. The molecule has 7 heteroatoms. The van der Waals surface area contributed by atoms with Crippen LogP contribution < -0.4 is 15.8 Å². The van der Waals surface area contributed by atoms with Crippen molar-refractivity contribution in [2.24, 2.45) is 4.99 Å². The Morgan fingerprint density at radius 2 is 2.00 bits per heavy atom. The predicted molar refractivity (Wildman–Crippen MR) is 111 cm³/mol. The number of hydrogen-bond acceptors (Lipinski definition) is 5. The molecule has 28 heavy (non-hydrogen) atoms. The molecule has 0 aliphatic carbocycles. The van der Waals surface area contributed by atoms with Gasteiger partial charge in [-0.25, -0.2) is 9.98 Å². The van der Waals surface area contributed by atoms with Crippen LogP contribution in [0.1, 0.15) is 23.0 Å². The molecule has 3 heterocycles. The minimum atomic E-state index is -0.529. The summed E-state index contributed by atoms with van der Waals surface area (Å²) in [6, 6.07) is 17.3. The van der Waals surface area contributed by atoms with E-state index in [1.54, 1.807) is 4.57 Å². The third-order valence-corrected chi connectivity index (χ3v) is 5.32. The predicted octanol–water partition coefficient (Wildman–Crippen LogP) is 3.60. The van der Waals surface area contributed by atoms with Crippen molar-refractivity contribution >= 4 is 29.2 Å². The van der Waals surface area contributed by atoms with Crippen molar-refractivity contribution in [3.05, 3.63) is 86.8 Å². The molecule has 3 aromatic rings. The van der Waals surface area contributed by atoms with Crippen molar-refractivity contribution in [3.63, 3.8) is 0 Å². The highest BCUT2D eigenvalue weighted by Crippen LogP contribution is 2.32. The Hall–Kier alpha value is -3.12. The molecular formula is C21H18ClN5O. The maximum absolute atomic E-state index is 12.7. The van der Waals surface area contributed by atoms with E-state index in [1.165, 1.54) is 11.6 Å². The number of hydrogen-bond donors (Lipinski definition) is 1. The third kappa shape index (κ3) is 2.77. The van der Waals surface area contributed by atoms with Gasteiger partial charge in [0.15, 0.2) is 6.17 Å². The van der Waals surface area contributed by atoms with Crippen LogP contribution in [0.25, 0.3) is 0 Å². The molecule has 2 aliphatic rings. The average Bonchev–Trinajstić information content (AvgIpc) is 3.11. The summed E-state index contributed by atoms with van der Waals surface area (Å²) in [4.78, 5) is 24.4. The molecule has 6 nitrogen and oxygen atoms in total. The first-order chi connectivity index (χ1) is 13.6. The van der Waals surface area contributed by atoms with Crippen LogP contribution in [0.2, 0.25) is 5.02 Å². The lowest BCUT2D eigenvalue weighted by Gasteiger charge is -2.31. The minimum absolute atomic E-state index is 0.149. The molecule has 1 aromatic heterocycles. The highest BCUT2D eigenvalue weighted by molar-refractivity contribution is 6.30. The Bertz CT molecular complexity index is 1170. The second-order valence-electron chi connectivity index (χ2n) is 6.97. The van der Waals surface area contributed by atoms with Crippen LogP contribution in [0.4, 0.5) is 11.6 Å². The Morgan fingerprint density at radius 3 is 2.86 bits per heavy atom. The number of nitrogens with zero attached hydrogens (tertiary/aromatic N) is 4. The van der Waals surface area contributed by atoms with Gasteiger partial charge in [-0.15, -0.1) is 0 Å². The zero-order valence-corrected chi connectivity index (χ0v) is 16.0. The van der Waals surface area contributed by atoms with Gasteiger partial charge in [0.05, 0.1) is 0 Å². The normalized spacial score (nSPS) is 17.6. The number of benzene rings is 2. The molecule has 0 fully saturated rings. The van der Waals surface area contributed by atoms with Gasteiger partial charge in [-0.3, -0.25) is 14.7 Å². The summed E-state index contributed by atoms with van der Waals surface area (Å²) in [6.45, 7) is 2.64. The maximum Gasteiger partial charge on any atom is 0.257 e. The summed E-state index contributed by atoms with van der Waals surface area (Å²) in [5.41, 5.74) is 3.77. The van der Waals surface area contributed by atoms with Crippen molar-refractivity contribution in [3.8, 4) is 0 Å². The van der Waals surface area contributed by atoms with Crippen molar-refractivity contribution in [1.29, 1.82) is 0 Å². The quantitative estimate of drug-likeness (QED) is 0.688. The lowest BCUT2D eigenvalue weighted by Crippen LogP contribution is -2.43.